The van der Waals surface area contributed by atoms with Gasteiger partial charge in [0.1, 0.15) is 0 Å². The number of nitrogens with two attached hydrogens (primary N) is 2. The highest BCUT2D eigenvalue weighted by Gasteiger charge is 2.37. The molecule has 0 atom stereocenters. The number of hydrogen-bond donors (Lipinski definition) is 3. The van der Waals surface area contributed by atoms with Gasteiger partial charge in [-0.1, -0.05) is 48.5 Å². The lowest BCUT2D eigenvalue weighted by molar-refractivity contribution is 0.368. The topological polar surface area (TPSA) is 150 Å². The van der Waals surface area contributed by atoms with Crippen LogP contribution >= 0.6 is 24.6 Å². The second-order valence-electron chi connectivity index (χ2n) is 8.32. The molecule has 0 aliphatic heterocycles. The molecule has 12 nitrogen and oxygen atoms in total. The van der Waals surface area contributed by atoms with Crippen molar-refractivity contribution in [1.29, 1.82) is 0 Å². The molecule has 0 saturated carbocycles. The van der Waals surface area contributed by atoms with Crippen molar-refractivity contribution in [1.82, 2.24) is 4.86 Å². The molecule has 0 aliphatic carbocycles. The molecule has 0 heterocycles. The van der Waals surface area contributed by atoms with E-state index in [0.29, 0.717) is 46.0 Å². The molecule has 0 bridgehead atoms. The quantitative estimate of drug-likeness (QED) is 0.112. The van der Waals surface area contributed by atoms with E-state index in [1.807, 2.05) is 12.1 Å². The molecule has 43 heavy (non-hydrogen) atoms. The summed E-state index contributed by atoms with van der Waals surface area (Å²) in [5.74, 6) is 3.17. The Morgan fingerprint density at radius 2 is 0.814 bits per heavy atom. The van der Waals surface area contributed by atoms with E-state index >= 15 is 0 Å². The molecule has 228 valence electrons. The number of methoxy groups -OCH3 is 4. The maximum absolute atomic E-state index is 6.54. The Balaban J connectivity index is 1.87. The highest BCUT2D eigenvalue weighted by molar-refractivity contribution is 7.71. The van der Waals surface area contributed by atoms with Gasteiger partial charge in [-0.25, -0.2) is 0 Å². The number of hydrogen-bond acceptors (Lipinski definition) is 11. The molecule has 4 aromatic rings. The lowest BCUT2D eigenvalue weighted by Gasteiger charge is -2.30. The van der Waals surface area contributed by atoms with Crippen LogP contribution in [0.15, 0.2) is 102 Å². The predicted molar refractivity (Wildman–Crippen MR) is 169 cm³/mol. The largest absolute Gasteiger partial charge is 0.493 e. The van der Waals surface area contributed by atoms with Gasteiger partial charge in [0.05, 0.1) is 28.4 Å². The fourth-order valence-electron chi connectivity index (χ4n) is 3.64. The molecule has 0 fully saturated rings. The van der Waals surface area contributed by atoms with E-state index in [0.717, 1.165) is 0 Å². The van der Waals surface area contributed by atoms with Gasteiger partial charge in [-0.05, 0) is 48.5 Å². The first-order valence-corrected chi connectivity index (χ1v) is 16.9. The molecule has 0 spiro atoms. The maximum Gasteiger partial charge on any atom is 0.409 e. The Kier molecular flexibility index (Phi) is 11.7. The van der Waals surface area contributed by atoms with E-state index in [2.05, 4.69) is 9.37 Å². The molecule has 4 rings (SSSR count). The number of nitrogens with zero attached hydrogens (tertiary/aromatic N) is 1. The van der Waals surface area contributed by atoms with Crippen LogP contribution in [0.1, 0.15) is 0 Å². The summed E-state index contributed by atoms with van der Waals surface area (Å²) in [6.07, 6.45) is 0. The molecule has 5 N–H and O–H groups in total. The van der Waals surface area contributed by atoms with Crippen molar-refractivity contribution in [3.05, 3.63) is 97.1 Å². The minimum absolute atomic E-state index is 0.311. The average Bonchev–Trinajstić information content (AvgIpc) is 3.01. The normalized spacial score (nSPS) is 11.1. The summed E-state index contributed by atoms with van der Waals surface area (Å²) in [6.45, 7) is 0. The van der Waals surface area contributed by atoms with Gasteiger partial charge in [0, 0.05) is 0 Å². The fraction of sp³-hybridized carbons (Fsp3) is 0.143. The van der Waals surface area contributed by atoms with Crippen LogP contribution in [0.4, 0.5) is 0 Å². The third-order valence-corrected chi connectivity index (χ3v) is 10.6. The molecule has 0 unspecified atom stereocenters. The molecule has 0 aromatic heterocycles. The van der Waals surface area contributed by atoms with Gasteiger partial charge in [-0.2, -0.15) is 4.52 Å². The first-order chi connectivity index (χ1) is 20.9. The lowest BCUT2D eigenvalue weighted by atomic mass is 10.3. The summed E-state index contributed by atoms with van der Waals surface area (Å²) in [5.41, 5.74) is 12.3. The minimum atomic E-state index is -3.76. The second-order valence-corrected chi connectivity index (χ2v) is 12.9. The first-order valence-electron chi connectivity index (χ1n) is 12.7. The van der Waals surface area contributed by atoms with Crippen LogP contribution in [0.5, 0.6) is 46.0 Å². The van der Waals surface area contributed by atoms with Crippen molar-refractivity contribution in [2.75, 3.05) is 28.4 Å². The fourth-order valence-corrected chi connectivity index (χ4v) is 8.58. The zero-order chi connectivity index (χ0) is 30.7. The second kappa shape index (κ2) is 15.6. The van der Waals surface area contributed by atoms with Crippen LogP contribution < -0.4 is 52.9 Å². The number of benzene rings is 4. The molecular formula is C28H33N4O8P3. The number of ether oxygens (including phenoxy) is 4. The van der Waals surface area contributed by atoms with Crippen molar-refractivity contribution >= 4 is 24.6 Å². The SMILES string of the molecule is COc1ccccc1OP(NP(=NP(N)N)(Oc1ccccc1OC)Oc1ccccc1OC)Oc1ccccc1OC. The zero-order valence-corrected chi connectivity index (χ0v) is 26.6. The Morgan fingerprint density at radius 3 is 1.14 bits per heavy atom. The van der Waals surface area contributed by atoms with E-state index in [4.69, 9.17) is 48.1 Å². The van der Waals surface area contributed by atoms with Crippen LogP contribution in [0, 0.1) is 0 Å². The monoisotopic (exact) mass is 646 g/mol. The molecule has 0 radical (unpaired) electrons. The van der Waals surface area contributed by atoms with Crippen LogP contribution in [0.3, 0.4) is 0 Å². The van der Waals surface area contributed by atoms with Crippen molar-refractivity contribution in [3.8, 4) is 46.0 Å². The molecular weight excluding hydrogens is 613 g/mol. The van der Waals surface area contributed by atoms with E-state index in [1.165, 1.54) is 28.4 Å². The van der Waals surface area contributed by atoms with Gasteiger partial charge in [0.2, 0.25) is 0 Å². The van der Waals surface area contributed by atoms with E-state index in [9.17, 15) is 0 Å². The maximum atomic E-state index is 6.54. The summed E-state index contributed by atoms with van der Waals surface area (Å²) >= 11 is 0. The summed E-state index contributed by atoms with van der Waals surface area (Å²) in [4.78, 5) is 3.25. The Hall–Kier alpha value is -3.75. The number of nitrogens with one attached hydrogen (secondary N) is 1. The van der Waals surface area contributed by atoms with Crippen molar-refractivity contribution in [2.24, 2.45) is 15.5 Å². The minimum Gasteiger partial charge on any atom is -0.493 e. The summed E-state index contributed by atoms with van der Waals surface area (Å²) in [5, 5.41) is 0. The molecule has 4 aromatic carbocycles. The highest BCUT2D eigenvalue weighted by Crippen LogP contribution is 2.60. The van der Waals surface area contributed by atoms with Crippen molar-refractivity contribution in [2.45, 2.75) is 0 Å². The van der Waals surface area contributed by atoms with Crippen molar-refractivity contribution < 1.29 is 37.0 Å². The molecule has 0 amide bonds. The Morgan fingerprint density at radius 1 is 0.512 bits per heavy atom. The van der Waals surface area contributed by atoms with Crippen LogP contribution in [-0.2, 0) is 0 Å². The smallest absolute Gasteiger partial charge is 0.409 e. The number of para-hydroxylation sites is 8. The Labute approximate surface area is 253 Å². The number of rotatable bonds is 15. The van der Waals surface area contributed by atoms with E-state index < -0.39 is 24.6 Å². The third kappa shape index (κ3) is 8.65. The van der Waals surface area contributed by atoms with Crippen molar-refractivity contribution in [3.63, 3.8) is 0 Å². The standard InChI is InChI=1S/C28H33N4O8P3/c1-33-21-13-5-9-17-25(21)37-42(38-26-18-10-6-14-22(26)34-2)32-43(31-41(29)30,39-27-19-11-7-15-23(27)35-3)40-28-20-12-8-16-24(28)36-4/h5-20,32H,29-30H2,1-4H3. The van der Waals surface area contributed by atoms with E-state index in [1.54, 1.807) is 84.9 Å². The third-order valence-electron chi connectivity index (χ3n) is 5.51. The van der Waals surface area contributed by atoms with E-state index in [-0.39, 0.29) is 0 Å². The summed E-state index contributed by atoms with van der Waals surface area (Å²) in [7, 11) is -1.77. The van der Waals surface area contributed by atoms with Gasteiger partial charge in [0.15, 0.2) is 54.4 Å². The molecule has 15 heteroatoms. The predicted octanol–water partition coefficient (Wildman–Crippen LogP) is 7.24. The van der Waals surface area contributed by atoms with Gasteiger partial charge in [0.25, 0.3) is 0 Å². The zero-order valence-electron chi connectivity index (χ0n) is 23.9. The van der Waals surface area contributed by atoms with Gasteiger partial charge >= 0.3 is 16.2 Å². The Bertz CT molecular complexity index is 1440. The van der Waals surface area contributed by atoms with Crippen LogP contribution in [-0.4, -0.2) is 28.4 Å². The summed E-state index contributed by atoms with van der Waals surface area (Å²) < 4.78 is 52.6. The van der Waals surface area contributed by atoms with Gasteiger partial charge in [-0.3, -0.25) is 11.0 Å². The van der Waals surface area contributed by atoms with Gasteiger partial charge in [-0.15, -0.1) is 4.86 Å². The molecule has 0 aliphatic rings. The van der Waals surface area contributed by atoms with Crippen LogP contribution in [0.25, 0.3) is 0 Å². The summed E-state index contributed by atoms with van der Waals surface area (Å²) in [6, 6.07) is 28.3. The lowest BCUT2D eigenvalue weighted by Crippen LogP contribution is -2.20. The van der Waals surface area contributed by atoms with Gasteiger partial charge < -0.3 is 37.0 Å². The highest BCUT2D eigenvalue weighted by atomic mass is 31.3. The average molecular weight is 647 g/mol. The molecule has 0 saturated heterocycles. The first kappa shape index (κ1) is 32.2. The van der Waals surface area contributed by atoms with Crippen LogP contribution in [0.2, 0.25) is 0 Å².